The Hall–Kier alpha value is -2.63. The molecule has 0 unspecified atom stereocenters. The first-order valence-electron chi connectivity index (χ1n) is 6.93. The van der Waals surface area contributed by atoms with Crippen LogP contribution < -0.4 is 5.32 Å². The first-order chi connectivity index (χ1) is 10.2. The van der Waals surface area contributed by atoms with Crippen molar-refractivity contribution in [3.05, 3.63) is 47.0 Å². The van der Waals surface area contributed by atoms with E-state index >= 15 is 0 Å². The van der Waals surface area contributed by atoms with Crippen LogP contribution in [0.2, 0.25) is 0 Å². The third kappa shape index (κ3) is 2.65. The van der Waals surface area contributed by atoms with Crippen LogP contribution in [0.25, 0.3) is 5.69 Å². The molecule has 0 radical (unpaired) electrons. The summed E-state index contributed by atoms with van der Waals surface area (Å²) in [6.45, 7) is 2.81. The third-order valence-corrected chi connectivity index (χ3v) is 3.68. The van der Waals surface area contributed by atoms with Crippen LogP contribution in [0.5, 0.6) is 0 Å². The fourth-order valence-electron chi connectivity index (χ4n) is 2.29. The summed E-state index contributed by atoms with van der Waals surface area (Å²) in [5, 5.41) is 21.7. The molecule has 21 heavy (non-hydrogen) atoms. The molecule has 0 spiro atoms. The van der Waals surface area contributed by atoms with Gasteiger partial charge in [0.25, 0.3) is 0 Å². The van der Waals surface area contributed by atoms with Crippen LogP contribution >= 0.6 is 0 Å². The van der Waals surface area contributed by atoms with Crippen LogP contribution in [-0.2, 0) is 6.54 Å². The number of nitriles is 2. The molecule has 1 aromatic carbocycles. The standard InChI is InChI=1S/C16H15N5/c1-11-2-3-12(9-19-13-4-5-13)6-15(11)21-10-20-14(7-17)16(21)8-18/h2-3,6,10,13,19H,4-5,9H2,1H3. The second-order valence-electron chi connectivity index (χ2n) is 5.31. The minimum atomic E-state index is 0.165. The van der Waals surface area contributed by atoms with Crippen LogP contribution in [-0.4, -0.2) is 15.6 Å². The van der Waals surface area contributed by atoms with Crippen molar-refractivity contribution >= 4 is 0 Å². The predicted octanol–water partition coefficient (Wildman–Crippen LogP) is 2.18. The Labute approximate surface area is 123 Å². The van der Waals surface area contributed by atoms with Crippen molar-refractivity contribution < 1.29 is 0 Å². The molecule has 1 heterocycles. The Morgan fingerprint density at radius 2 is 2.14 bits per heavy atom. The highest BCUT2D eigenvalue weighted by Gasteiger charge is 2.20. The van der Waals surface area contributed by atoms with Gasteiger partial charge in [-0.3, -0.25) is 4.57 Å². The van der Waals surface area contributed by atoms with E-state index in [0.29, 0.717) is 6.04 Å². The van der Waals surface area contributed by atoms with Crippen molar-refractivity contribution in [2.45, 2.75) is 32.4 Å². The number of rotatable bonds is 4. The number of nitrogens with one attached hydrogen (secondary N) is 1. The van der Waals surface area contributed by atoms with Gasteiger partial charge in [0.05, 0.1) is 5.69 Å². The molecular weight excluding hydrogens is 262 g/mol. The van der Waals surface area contributed by atoms with E-state index in [1.54, 1.807) is 4.57 Å². The third-order valence-electron chi connectivity index (χ3n) is 3.68. The number of aromatic nitrogens is 2. The molecule has 3 rings (SSSR count). The van der Waals surface area contributed by atoms with E-state index < -0.39 is 0 Å². The fraction of sp³-hybridized carbons (Fsp3) is 0.312. The topological polar surface area (TPSA) is 77.4 Å². The smallest absolute Gasteiger partial charge is 0.177 e. The summed E-state index contributed by atoms with van der Waals surface area (Å²) in [6.07, 6.45) is 4.05. The van der Waals surface area contributed by atoms with E-state index in [1.807, 2.05) is 25.1 Å². The van der Waals surface area contributed by atoms with Gasteiger partial charge in [-0.2, -0.15) is 10.5 Å². The van der Waals surface area contributed by atoms with E-state index in [2.05, 4.69) is 22.4 Å². The van der Waals surface area contributed by atoms with Gasteiger partial charge in [-0.25, -0.2) is 4.98 Å². The van der Waals surface area contributed by atoms with Crippen LogP contribution in [0, 0.1) is 29.6 Å². The molecule has 0 atom stereocenters. The van der Waals surface area contributed by atoms with E-state index in [9.17, 15) is 5.26 Å². The number of hydrogen-bond acceptors (Lipinski definition) is 4. The van der Waals surface area contributed by atoms with Gasteiger partial charge in [-0.05, 0) is 37.0 Å². The predicted molar refractivity (Wildman–Crippen MR) is 77.6 cm³/mol. The van der Waals surface area contributed by atoms with Gasteiger partial charge < -0.3 is 5.32 Å². The lowest BCUT2D eigenvalue weighted by molar-refractivity contribution is 0.687. The summed E-state index contributed by atoms with van der Waals surface area (Å²) >= 11 is 0. The molecule has 0 aliphatic heterocycles. The second-order valence-corrected chi connectivity index (χ2v) is 5.31. The molecule has 0 bridgehead atoms. The van der Waals surface area contributed by atoms with Crippen molar-refractivity contribution in [3.8, 4) is 17.8 Å². The highest BCUT2D eigenvalue weighted by atomic mass is 15.1. The number of hydrogen-bond donors (Lipinski definition) is 1. The zero-order chi connectivity index (χ0) is 14.8. The molecule has 0 saturated heterocycles. The molecule has 5 heteroatoms. The molecule has 1 N–H and O–H groups in total. The molecule has 1 aromatic heterocycles. The molecular formula is C16H15N5. The van der Waals surface area contributed by atoms with Gasteiger partial charge in [0, 0.05) is 12.6 Å². The lowest BCUT2D eigenvalue weighted by Gasteiger charge is -2.11. The van der Waals surface area contributed by atoms with Crippen LogP contribution in [0.1, 0.15) is 35.4 Å². The summed E-state index contributed by atoms with van der Waals surface area (Å²) in [4.78, 5) is 4.00. The second kappa shape index (κ2) is 5.40. The maximum absolute atomic E-state index is 9.25. The van der Waals surface area contributed by atoms with E-state index in [0.717, 1.165) is 17.8 Å². The van der Waals surface area contributed by atoms with Crippen LogP contribution in [0.3, 0.4) is 0 Å². The van der Waals surface area contributed by atoms with Gasteiger partial charge in [-0.15, -0.1) is 0 Å². The maximum atomic E-state index is 9.25. The molecule has 2 aromatic rings. The normalized spacial score (nSPS) is 13.7. The molecule has 1 saturated carbocycles. The highest BCUT2D eigenvalue weighted by Crippen LogP contribution is 2.22. The molecule has 1 aliphatic carbocycles. The molecule has 1 fully saturated rings. The summed E-state index contributed by atoms with van der Waals surface area (Å²) < 4.78 is 1.69. The molecule has 0 amide bonds. The monoisotopic (exact) mass is 277 g/mol. The van der Waals surface area contributed by atoms with Crippen molar-refractivity contribution in [1.29, 1.82) is 10.5 Å². The van der Waals surface area contributed by atoms with Crippen molar-refractivity contribution in [2.75, 3.05) is 0 Å². The lowest BCUT2D eigenvalue weighted by atomic mass is 10.1. The first kappa shape index (κ1) is 13.4. The van der Waals surface area contributed by atoms with Gasteiger partial charge in [0.1, 0.15) is 18.5 Å². The van der Waals surface area contributed by atoms with Gasteiger partial charge >= 0.3 is 0 Å². The maximum Gasteiger partial charge on any atom is 0.177 e. The Morgan fingerprint density at radius 1 is 1.33 bits per heavy atom. The average molecular weight is 277 g/mol. The van der Waals surface area contributed by atoms with E-state index in [1.165, 1.54) is 24.7 Å². The molecule has 104 valence electrons. The minimum absolute atomic E-state index is 0.165. The summed E-state index contributed by atoms with van der Waals surface area (Å²) in [5.74, 6) is 0. The van der Waals surface area contributed by atoms with E-state index in [-0.39, 0.29) is 11.4 Å². The zero-order valence-electron chi connectivity index (χ0n) is 11.8. The summed E-state index contributed by atoms with van der Waals surface area (Å²) in [7, 11) is 0. The number of imidazole rings is 1. The molecule has 5 nitrogen and oxygen atoms in total. The zero-order valence-corrected chi connectivity index (χ0v) is 11.8. The quantitative estimate of drug-likeness (QED) is 0.929. The van der Waals surface area contributed by atoms with Gasteiger partial charge in [0.2, 0.25) is 0 Å². The number of nitrogens with zero attached hydrogens (tertiary/aromatic N) is 4. The number of aryl methyl sites for hydroxylation is 1. The largest absolute Gasteiger partial charge is 0.310 e. The average Bonchev–Trinajstić information content (AvgIpc) is 3.24. The van der Waals surface area contributed by atoms with Crippen molar-refractivity contribution in [1.82, 2.24) is 14.9 Å². The Bertz CT molecular complexity index is 756. The molecule has 1 aliphatic rings. The minimum Gasteiger partial charge on any atom is -0.310 e. The summed E-state index contributed by atoms with van der Waals surface area (Å²) in [6, 6.07) is 10.8. The Morgan fingerprint density at radius 3 is 2.81 bits per heavy atom. The van der Waals surface area contributed by atoms with Crippen molar-refractivity contribution in [2.24, 2.45) is 0 Å². The highest BCUT2D eigenvalue weighted by molar-refractivity contribution is 5.49. The SMILES string of the molecule is Cc1ccc(CNC2CC2)cc1-n1cnc(C#N)c1C#N. The Kier molecular flexibility index (Phi) is 3.43. The van der Waals surface area contributed by atoms with Crippen molar-refractivity contribution in [3.63, 3.8) is 0 Å². The summed E-state index contributed by atoms with van der Waals surface area (Å²) in [5.41, 5.74) is 3.56. The lowest BCUT2D eigenvalue weighted by Crippen LogP contribution is -2.15. The van der Waals surface area contributed by atoms with Gasteiger partial charge in [0.15, 0.2) is 11.4 Å². The number of benzene rings is 1. The van der Waals surface area contributed by atoms with Crippen LogP contribution in [0.15, 0.2) is 24.5 Å². The van der Waals surface area contributed by atoms with Crippen LogP contribution in [0.4, 0.5) is 0 Å². The van der Waals surface area contributed by atoms with E-state index in [4.69, 9.17) is 5.26 Å². The first-order valence-corrected chi connectivity index (χ1v) is 6.93. The van der Waals surface area contributed by atoms with Gasteiger partial charge in [-0.1, -0.05) is 12.1 Å². The fourth-order valence-corrected chi connectivity index (χ4v) is 2.29. The Balaban J connectivity index is 1.97.